The third kappa shape index (κ3) is 2.67. The first-order valence-corrected chi connectivity index (χ1v) is 5.63. The number of rotatable bonds is 4. The Morgan fingerprint density at radius 2 is 1.92 bits per heavy atom. The van der Waals surface area contributed by atoms with E-state index >= 15 is 0 Å². The molecule has 0 spiro atoms. The van der Waals surface area contributed by atoms with Crippen LogP contribution >= 0.6 is 0 Å². The highest BCUT2D eigenvalue weighted by Crippen LogP contribution is 2.08. The van der Waals surface area contributed by atoms with Crippen molar-refractivity contribution in [3.05, 3.63) is 0 Å². The van der Waals surface area contributed by atoms with E-state index in [4.69, 9.17) is 5.73 Å². The zero-order chi connectivity index (χ0) is 10.6. The van der Waals surface area contributed by atoms with Crippen LogP contribution in [0.1, 0.15) is 13.8 Å². The first-order chi connectivity index (χ1) is 5.87. The molecule has 0 aromatic heterocycles. The Morgan fingerprint density at radius 1 is 1.46 bits per heavy atom. The summed E-state index contributed by atoms with van der Waals surface area (Å²) in [5.74, 6) is -0.500. The van der Waals surface area contributed by atoms with Gasteiger partial charge in [0, 0.05) is 13.6 Å². The van der Waals surface area contributed by atoms with E-state index in [2.05, 4.69) is 5.32 Å². The van der Waals surface area contributed by atoms with Crippen molar-refractivity contribution in [3.63, 3.8) is 0 Å². The van der Waals surface area contributed by atoms with E-state index in [1.165, 1.54) is 20.9 Å². The van der Waals surface area contributed by atoms with Crippen LogP contribution in [-0.2, 0) is 14.6 Å². The van der Waals surface area contributed by atoms with Crippen molar-refractivity contribution in [3.8, 4) is 0 Å². The predicted octanol–water partition coefficient (Wildman–Crippen LogP) is -1.12. The summed E-state index contributed by atoms with van der Waals surface area (Å²) < 4.78 is 23.0. The highest BCUT2D eigenvalue weighted by atomic mass is 32.2. The van der Waals surface area contributed by atoms with E-state index in [9.17, 15) is 13.2 Å². The number of amides is 1. The second-order valence-corrected chi connectivity index (χ2v) is 5.58. The van der Waals surface area contributed by atoms with E-state index in [1.54, 1.807) is 0 Å². The Balaban J connectivity index is 4.75. The number of carbonyl (C=O) groups is 1. The lowest BCUT2D eigenvalue weighted by molar-refractivity contribution is -0.119. The van der Waals surface area contributed by atoms with Crippen LogP contribution in [0.15, 0.2) is 0 Å². The van der Waals surface area contributed by atoms with Gasteiger partial charge in [-0.05, 0) is 13.8 Å². The normalized spacial score (nSPS) is 16.3. The van der Waals surface area contributed by atoms with Gasteiger partial charge in [-0.1, -0.05) is 0 Å². The van der Waals surface area contributed by atoms with Crippen molar-refractivity contribution in [1.29, 1.82) is 0 Å². The van der Waals surface area contributed by atoms with Crippen molar-refractivity contribution in [1.82, 2.24) is 5.32 Å². The van der Waals surface area contributed by atoms with Crippen LogP contribution in [0.25, 0.3) is 0 Å². The predicted molar refractivity (Wildman–Crippen MR) is 51.0 cm³/mol. The first kappa shape index (κ1) is 12.4. The summed E-state index contributed by atoms with van der Waals surface area (Å²) >= 11 is 0. The molecule has 13 heavy (non-hydrogen) atoms. The van der Waals surface area contributed by atoms with E-state index in [0.717, 1.165) is 0 Å². The lowest BCUT2D eigenvalue weighted by Crippen LogP contribution is -2.42. The quantitative estimate of drug-likeness (QED) is 0.612. The standard InChI is InChI=1S/C7H16N2O3S/c1-5(4-8)13(11,12)6(2)7(10)9-3/h5-6H,4,8H2,1-3H3,(H,9,10). The Hall–Kier alpha value is -0.620. The zero-order valence-electron chi connectivity index (χ0n) is 8.07. The van der Waals surface area contributed by atoms with Crippen molar-refractivity contribution >= 4 is 15.7 Å². The van der Waals surface area contributed by atoms with Gasteiger partial charge in [0.1, 0.15) is 5.25 Å². The summed E-state index contributed by atoms with van der Waals surface area (Å²) in [7, 11) is -2.03. The lowest BCUT2D eigenvalue weighted by Gasteiger charge is -2.15. The van der Waals surface area contributed by atoms with Gasteiger partial charge in [0.25, 0.3) is 0 Å². The second kappa shape index (κ2) is 4.57. The van der Waals surface area contributed by atoms with Gasteiger partial charge in [-0.15, -0.1) is 0 Å². The fourth-order valence-corrected chi connectivity index (χ4v) is 2.22. The molecule has 0 bridgehead atoms. The fraction of sp³-hybridized carbons (Fsp3) is 0.857. The van der Waals surface area contributed by atoms with Crippen molar-refractivity contribution in [2.45, 2.75) is 24.3 Å². The minimum atomic E-state index is -3.44. The molecule has 3 N–H and O–H groups in total. The molecule has 0 radical (unpaired) electrons. The molecule has 6 heteroatoms. The van der Waals surface area contributed by atoms with E-state index in [0.29, 0.717) is 0 Å². The number of sulfone groups is 1. The monoisotopic (exact) mass is 208 g/mol. The van der Waals surface area contributed by atoms with Gasteiger partial charge in [-0.2, -0.15) is 0 Å². The number of carbonyl (C=O) groups excluding carboxylic acids is 1. The summed E-state index contributed by atoms with van der Waals surface area (Å²) in [6.07, 6.45) is 0. The fourth-order valence-electron chi connectivity index (χ4n) is 0.835. The third-order valence-electron chi connectivity index (χ3n) is 2.00. The van der Waals surface area contributed by atoms with Crippen LogP contribution in [0, 0.1) is 0 Å². The van der Waals surface area contributed by atoms with E-state index < -0.39 is 26.2 Å². The minimum Gasteiger partial charge on any atom is -0.358 e. The molecule has 0 rings (SSSR count). The van der Waals surface area contributed by atoms with Crippen LogP contribution in [-0.4, -0.2) is 38.4 Å². The molecular weight excluding hydrogens is 192 g/mol. The topological polar surface area (TPSA) is 89.3 Å². The molecule has 0 aliphatic rings. The maximum Gasteiger partial charge on any atom is 0.237 e. The summed E-state index contributed by atoms with van der Waals surface area (Å²) in [6, 6.07) is 0. The minimum absolute atomic E-state index is 0.0314. The van der Waals surface area contributed by atoms with Gasteiger partial charge in [0.2, 0.25) is 5.91 Å². The average molecular weight is 208 g/mol. The SMILES string of the molecule is CNC(=O)C(C)S(=O)(=O)C(C)CN. The Labute approximate surface area is 78.6 Å². The first-order valence-electron chi connectivity index (χ1n) is 4.02. The summed E-state index contributed by atoms with van der Waals surface area (Å²) in [4.78, 5) is 11.0. The molecule has 1 amide bonds. The number of hydrogen-bond donors (Lipinski definition) is 2. The molecule has 0 saturated carbocycles. The lowest BCUT2D eigenvalue weighted by atomic mass is 10.4. The van der Waals surface area contributed by atoms with Gasteiger partial charge in [-0.25, -0.2) is 8.42 Å². The van der Waals surface area contributed by atoms with Crippen molar-refractivity contribution in [2.24, 2.45) is 5.73 Å². The molecule has 5 nitrogen and oxygen atoms in total. The molecule has 0 heterocycles. The van der Waals surface area contributed by atoms with Gasteiger partial charge in [0.15, 0.2) is 9.84 Å². The Kier molecular flexibility index (Phi) is 4.35. The highest BCUT2D eigenvalue weighted by Gasteiger charge is 2.31. The van der Waals surface area contributed by atoms with Gasteiger partial charge in [-0.3, -0.25) is 4.79 Å². The number of nitrogens with two attached hydrogens (primary N) is 1. The van der Waals surface area contributed by atoms with Crippen molar-refractivity contribution < 1.29 is 13.2 Å². The van der Waals surface area contributed by atoms with Crippen molar-refractivity contribution in [2.75, 3.05) is 13.6 Å². The number of nitrogens with one attached hydrogen (secondary N) is 1. The number of hydrogen-bond acceptors (Lipinski definition) is 4. The van der Waals surface area contributed by atoms with Gasteiger partial charge >= 0.3 is 0 Å². The second-order valence-electron chi connectivity index (χ2n) is 2.89. The molecule has 0 aromatic carbocycles. The molecule has 78 valence electrons. The van der Waals surface area contributed by atoms with Gasteiger partial charge in [0.05, 0.1) is 5.25 Å². The molecule has 0 fully saturated rings. The summed E-state index contributed by atoms with van der Waals surface area (Å²) in [5.41, 5.74) is 5.23. The molecule has 2 atom stereocenters. The molecule has 0 aromatic rings. The third-order valence-corrected chi connectivity index (χ3v) is 4.51. The average Bonchev–Trinajstić information content (AvgIpc) is 2.13. The molecular formula is C7H16N2O3S. The maximum absolute atomic E-state index is 11.5. The van der Waals surface area contributed by atoms with E-state index in [1.807, 2.05) is 0 Å². The largest absolute Gasteiger partial charge is 0.358 e. The van der Waals surface area contributed by atoms with Crippen LogP contribution < -0.4 is 11.1 Å². The Morgan fingerprint density at radius 3 is 2.23 bits per heavy atom. The highest BCUT2D eigenvalue weighted by molar-refractivity contribution is 7.93. The molecule has 0 saturated heterocycles. The summed E-state index contributed by atoms with van der Waals surface area (Å²) in [5, 5.41) is 0.579. The van der Waals surface area contributed by atoms with E-state index in [-0.39, 0.29) is 6.54 Å². The van der Waals surface area contributed by atoms with Crippen LogP contribution in [0.2, 0.25) is 0 Å². The molecule has 0 aliphatic heterocycles. The van der Waals surface area contributed by atoms with Gasteiger partial charge < -0.3 is 11.1 Å². The van der Waals surface area contributed by atoms with Crippen LogP contribution in [0.3, 0.4) is 0 Å². The van der Waals surface area contributed by atoms with Crippen LogP contribution in [0.5, 0.6) is 0 Å². The maximum atomic E-state index is 11.5. The zero-order valence-corrected chi connectivity index (χ0v) is 8.89. The molecule has 0 aliphatic carbocycles. The molecule has 2 unspecified atom stereocenters. The van der Waals surface area contributed by atoms with Crippen LogP contribution in [0.4, 0.5) is 0 Å². The summed E-state index contributed by atoms with van der Waals surface area (Å²) in [6.45, 7) is 2.89. The smallest absolute Gasteiger partial charge is 0.237 e. The Bertz CT molecular complexity index is 273.